The third-order valence-electron chi connectivity index (χ3n) is 5.11. The number of aromatic amines is 1. The Morgan fingerprint density at radius 2 is 1.96 bits per heavy atom. The van der Waals surface area contributed by atoms with Crippen LogP contribution in [-0.2, 0) is 16.6 Å². The molecule has 0 aliphatic heterocycles. The molecule has 0 unspecified atom stereocenters. The molecule has 1 aliphatic rings. The number of carbonyl (C=O) groups excluding carboxylic acids is 1. The first-order valence-corrected chi connectivity index (χ1v) is 9.16. The SMILES string of the molecule is O=C(NCCCc1ccccc1)C1(c2c[nH]c3ccc(Cl)cc23)CC1. The number of hydrogen-bond acceptors (Lipinski definition) is 1. The zero-order valence-corrected chi connectivity index (χ0v) is 14.8. The van der Waals surface area contributed by atoms with E-state index in [4.69, 9.17) is 11.6 Å². The van der Waals surface area contributed by atoms with E-state index in [1.165, 1.54) is 5.56 Å². The summed E-state index contributed by atoms with van der Waals surface area (Å²) in [5.74, 6) is 0.140. The van der Waals surface area contributed by atoms with Crippen molar-refractivity contribution in [3.8, 4) is 0 Å². The fraction of sp³-hybridized carbons (Fsp3) is 0.286. The van der Waals surface area contributed by atoms with Crippen molar-refractivity contribution in [2.45, 2.75) is 31.1 Å². The van der Waals surface area contributed by atoms with Gasteiger partial charge in [-0.1, -0.05) is 41.9 Å². The van der Waals surface area contributed by atoms with Gasteiger partial charge in [-0.15, -0.1) is 0 Å². The molecule has 1 aliphatic carbocycles. The smallest absolute Gasteiger partial charge is 0.230 e. The number of aryl methyl sites for hydroxylation is 1. The predicted octanol–water partition coefficient (Wildman–Crippen LogP) is 4.60. The highest BCUT2D eigenvalue weighted by molar-refractivity contribution is 6.31. The fourth-order valence-corrected chi connectivity index (χ4v) is 3.71. The van der Waals surface area contributed by atoms with Crippen LogP contribution in [0, 0.1) is 0 Å². The van der Waals surface area contributed by atoms with Crippen LogP contribution in [0.2, 0.25) is 5.02 Å². The number of benzene rings is 2. The minimum Gasteiger partial charge on any atom is -0.361 e. The van der Waals surface area contributed by atoms with Crippen LogP contribution in [-0.4, -0.2) is 17.4 Å². The highest BCUT2D eigenvalue weighted by atomic mass is 35.5. The summed E-state index contributed by atoms with van der Waals surface area (Å²) in [4.78, 5) is 16.1. The van der Waals surface area contributed by atoms with Crippen LogP contribution in [0.3, 0.4) is 0 Å². The first-order valence-electron chi connectivity index (χ1n) is 8.78. The standard InChI is InChI=1S/C21H21ClN2O/c22-16-8-9-19-17(13-16)18(14-24-19)21(10-11-21)20(25)23-12-4-7-15-5-2-1-3-6-15/h1-3,5-6,8-9,13-14,24H,4,7,10-12H2,(H,23,25). The Morgan fingerprint density at radius 3 is 2.72 bits per heavy atom. The maximum atomic E-state index is 12.8. The molecule has 1 saturated carbocycles. The van der Waals surface area contributed by atoms with Crippen molar-refractivity contribution in [2.75, 3.05) is 6.54 Å². The lowest BCUT2D eigenvalue weighted by atomic mass is 9.94. The topological polar surface area (TPSA) is 44.9 Å². The molecule has 0 atom stereocenters. The summed E-state index contributed by atoms with van der Waals surface area (Å²) < 4.78 is 0. The minimum atomic E-state index is -0.379. The zero-order valence-electron chi connectivity index (χ0n) is 14.0. The van der Waals surface area contributed by atoms with Crippen molar-refractivity contribution in [3.63, 3.8) is 0 Å². The van der Waals surface area contributed by atoms with Crippen molar-refractivity contribution < 1.29 is 4.79 Å². The molecule has 25 heavy (non-hydrogen) atoms. The highest BCUT2D eigenvalue weighted by Gasteiger charge is 2.52. The van der Waals surface area contributed by atoms with Gasteiger partial charge in [-0.2, -0.15) is 0 Å². The van der Waals surface area contributed by atoms with Gasteiger partial charge in [0.2, 0.25) is 5.91 Å². The molecule has 0 saturated heterocycles. The Morgan fingerprint density at radius 1 is 1.16 bits per heavy atom. The molecule has 2 N–H and O–H groups in total. The van der Waals surface area contributed by atoms with E-state index in [9.17, 15) is 4.79 Å². The molecular weight excluding hydrogens is 332 g/mol. The molecule has 3 nitrogen and oxygen atoms in total. The first-order chi connectivity index (χ1) is 12.2. The Labute approximate surface area is 152 Å². The zero-order chi connectivity index (χ0) is 17.3. The number of amides is 1. The van der Waals surface area contributed by atoms with Gasteiger partial charge in [0, 0.05) is 28.7 Å². The van der Waals surface area contributed by atoms with Gasteiger partial charge in [-0.25, -0.2) is 0 Å². The van der Waals surface area contributed by atoms with Gasteiger partial charge in [-0.05, 0) is 55.0 Å². The minimum absolute atomic E-state index is 0.140. The van der Waals surface area contributed by atoms with Crippen molar-refractivity contribution in [1.29, 1.82) is 0 Å². The molecule has 128 valence electrons. The van der Waals surface area contributed by atoms with Gasteiger partial charge >= 0.3 is 0 Å². The van der Waals surface area contributed by atoms with Crippen molar-refractivity contribution >= 4 is 28.4 Å². The second kappa shape index (κ2) is 6.57. The van der Waals surface area contributed by atoms with Gasteiger partial charge in [-0.3, -0.25) is 4.79 Å². The normalized spacial score (nSPS) is 15.2. The lowest BCUT2D eigenvalue weighted by Gasteiger charge is -2.15. The number of fused-ring (bicyclic) bond motifs is 1. The molecule has 0 bridgehead atoms. The first kappa shape index (κ1) is 16.2. The Balaban J connectivity index is 1.42. The summed E-state index contributed by atoms with van der Waals surface area (Å²) in [7, 11) is 0. The van der Waals surface area contributed by atoms with Crippen LogP contribution in [0.25, 0.3) is 10.9 Å². The van der Waals surface area contributed by atoms with Gasteiger partial charge < -0.3 is 10.3 Å². The second-order valence-electron chi connectivity index (χ2n) is 6.82. The van der Waals surface area contributed by atoms with Gasteiger partial charge in [0.25, 0.3) is 0 Å². The molecule has 0 spiro atoms. The Hall–Kier alpha value is -2.26. The van der Waals surface area contributed by atoms with Crippen LogP contribution in [0.5, 0.6) is 0 Å². The van der Waals surface area contributed by atoms with Gasteiger partial charge in [0.05, 0.1) is 5.41 Å². The maximum absolute atomic E-state index is 12.8. The largest absolute Gasteiger partial charge is 0.361 e. The second-order valence-corrected chi connectivity index (χ2v) is 7.26. The molecular formula is C21H21ClN2O. The predicted molar refractivity (Wildman–Crippen MR) is 102 cm³/mol. The van der Waals surface area contributed by atoms with E-state index in [0.29, 0.717) is 11.6 Å². The third-order valence-corrected chi connectivity index (χ3v) is 5.35. The molecule has 4 rings (SSSR count). The monoisotopic (exact) mass is 352 g/mol. The van der Waals surface area contributed by atoms with Crippen molar-refractivity contribution in [2.24, 2.45) is 0 Å². The van der Waals surface area contributed by atoms with E-state index < -0.39 is 0 Å². The van der Waals surface area contributed by atoms with Crippen LogP contribution in [0.1, 0.15) is 30.4 Å². The number of nitrogens with one attached hydrogen (secondary N) is 2. The number of hydrogen-bond donors (Lipinski definition) is 2. The number of halogens is 1. The number of carbonyl (C=O) groups is 1. The van der Waals surface area contributed by atoms with E-state index in [1.54, 1.807) is 0 Å². The van der Waals surface area contributed by atoms with Gasteiger partial charge in [0.1, 0.15) is 0 Å². The van der Waals surface area contributed by atoms with Crippen LogP contribution in [0.4, 0.5) is 0 Å². The summed E-state index contributed by atoms with van der Waals surface area (Å²) >= 11 is 6.14. The number of H-pyrrole nitrogens is 1. The fourth-order valence-electron chi connectivity index (χ4n) is 3.54. The molecule has 1 fully saturated rings. The summed E-state index contributed by atoms with van der Waals surface area (Å²) in [6.45, 7) is 0.707. The van der Waals surface area contributed by atoms with E-state index in [-0.39, 0.29) is 11.3 Å². The number of aromatic nitrogens is 1. The quantitative estimate of drug-likeness (QED) is 0.625. The maximum Gasteiger partial charge on any atom is 0.230 e. The average molecular weight is 353 g/mol. The van der Waals surface area contributed by atoms with Crippen LogP contribution < -0.4 is 5.32 Å². The molecule has 0 radical (unpaired) electrons. The van der Waals surface area contributed by atoms with Crippen LogP contribution >= 0.6 is 11.6 Å². The molecule has 4 heteroatoms. The summed E-state index contributed by atoms with van der Waals surface area (Å²) in [5.41, 5.74) is 3.03. The van der Waals surface area contributed by atoms with E-state index in [2.05, 4.69) is 34.6 Å². The summed E-state index contributed by atoms with van der Waals surface area (Å²) in [5, 5.41) is 4.90. The summed E-state index contributed by atoms with van der Waals surface area (Å²) in [6.07, 6.45) is 5.70. The summed E-state index contributed by atoms with van der Waals surface area (Å²) in [6, 6.07) is 16.2. The third kappa shape index (κ3) is 3.16. The van der Waals surface area contributed by atoms with E-state index in [0.717, 1.165) is 42.1 Å². The lowest BCUT2D eigenvalue weighted by molar-refractivity contribution is -0.123. The van der Waals surface area contributed by atoms with Crippen LogP contribution in [0.15, 0.2) is 54.7 Å². The average Bonchev–Trinajstić information content (AvgIpc) is 3.33. The van der Waals surface area contributed by atoms with Crippen molar-refractivity contribution in [1.82, 2.24) is 10.3 Å². The number of rotatable bonds is 6. The molecule has 1 heterocycles. The van der Waals surface area contributed by atoms with Crippen molar-refractivity contribution in [3.05, 3.63) is 70.9 Å². The highest BCUT2D eigenvalue weighted by Crippen LogP contribution is 2.50. The van der Waals surface area contributed by atoms with Gasteiger partial charge in [0.15, 0.2) is 0 Å². The molecule has 3 aromatic rings. The Kier molecular flexibility index (Phi) is 4.26. The van der Waals surface area contributed by atoms with E-state index in [1.807, 2.05) is 30.5 Å². The lowest BCUT2D eigenvalue weighted by Crippen LogP contribution is -2.35. The molecule has 1 amide bonds. The van der Waals surface area contributed by atoms with E-state index >= 15 is 0 Å². The molecule has 2 aromatic carbocycles. The molecule has 1 aromatic heterocycles. The Bertz CT molecular complexity index is 897.